The van der Waals surface area contributed by atoms with Gasteiger partial charge in [0.2, 0.25) is 5.95 Å². The van der Waals surface area contributed by atoms with E-state index in [-0.39, 0.29) is 0 Å². The number of hydrogen-bond acceptors (Lipinski definition) is 4. The molecule has 1 heterocycles. The number of rotatable bonds is 1. The van der Waals surface area contributed by atoms with Gasteiger partial charge in [-0.05, 0) is 24.4 Å². The van der Waals surface area contributed by atoms with E-state index in [2.05, 4.69) is 9.36 Å². The first-order chi connectivity index (χ1) is 6.36. The molecule has 1 saturated carbocycles. The molecule has 0 saturated heterocycles. The van der Waals surface area contributed by atoms with Crippen LogP contribution in [0.4, 0.5) is 5.95 Å². The molecule has 0 radical (unpaired) electrons. The van der Waals surface area contributed by atoms with Crippen molar-refractivity contribution in [2.24, 2.45) is 0 Å². The minimum absolute atomic E-state index is 0.448. The van der Waals surface area contributed by atoms with Gasteiger partial charge in [0.1, 0.15) is 5.01 Å². The van der Waals surface area contributed by atoms with E-state index >= 15 is 0 Å². The van der Waals surface area contributed by atoms with Crippen molar-refractivity contribution < 1.29 is 0 Å². The second-order valence-corrected chi connectivity index (χ2v) is 4.46. The van der Waals surface area contributed by atoms with Crippen LogP contribution in [0.15, 0.2) is 0 Å². The lowest BCUT2D eigenvalue weighted by Crippen LogP contribution is -1.97. The predicted molar refractivity (Wildman–Crippen MR) is 54.8 cm³/mol. The second kappa shape index (κ2) is 4.05. The molecule has 0 unspecified atom stereocenters. The highest BCUT2D eigenvalue weighted by Gasteiger charge is 2.17. The summed E-state index contributed by atoms with van der Waals surface area (Å²) in [5.41, 5.74) is 5.51. The lowest BCUT2D eigenvalue weighted by Gasteiger charge is -2.08. The number of hydrogen-bond donors (Lipinski definition) is 1. The Balaban J connectivity index is 2.06. The molecule has 0 aliphatic heterocycles. The topological polar surface area (TPSA) is 51.8 Å². The van der Waals surface area contributed by atoms with Crippen LogP contribution in [0.3, 0.4) is 0 Å². The number of anilines is 1. The van der Waals surface area contributed by atoms with Crippen LogP contribution in [0.5, 0.6) is 0 Å². The number of nitrogens with two attached hydrogens (primary N) is 1. The molecule has 1 aromatic heterocycles. The van der Waals surface area contributed by atoms with E-state index in [0.717, 1.165) is 5.01 Å². The van der Waals surface area contributed by atoms with E-state index in [1.54, 1.807) is 0 Å². The minimum Gasteiger partial charge on any atom is -0.367 e. The largest absolute Gasteiger partial charge is 0.367 e. The van der Waals surface area contributed by atoms with E-state index < -0.39 is 0 Å². The Bertz CT molecular complexity index is 264. The van der Waals surface area contributed by atoms with Crippen molar-refractivity contribution in [3.63, 3.8) is 0 Å². The zero-order valence-electron chi connectivity index (χ0n) is 7.70. The highest BCUT2D eigenvalue weighted by atomic mass is 32.1. The van der Waals surface area contributed by atoms with Crippen LogP contribution in [0.25, 0.3) is 0 Å². The molecule has 72 valence electrons. The molecule has 2 N–H and O–H groups in total. The zero-order chi connectivity index (χ0) is 9.10. The van der Waals surface area contributed by atoms with Gasteiger partial charge in [0.15, 0.2) is 0 Å². The van der Waals surface area contributed by atoms with E-state index in [0.29, 0.717) is 11.9 Å². The molecule has 2 rings (SSSR count). The number of nitrogens with zero attached hydrogens (tertiary/aromatic N) is 2. The smallest absolute Gasteiger partial charge is 0.232 e. The summed E-state index contributed by atoms with van der Waals surface area (Å²) in [6.45, 7) is 0. The van der Waals surface area contributed by atoms with Crippen LogP contribution < -0.4 is 5.73 Å². The van der Waals surface area contributed by atoms with Crippen molar-refractivity contribution in [3.05, 3.63) is 5.01 Å². The van der Waals surface area contributed by atoms with Crippen molar-refractivity contribution in [1.29, 1.82) is 0 Å². The van der Waals surface area contributed by atoms with Gasteiger partial charge in [-0.15, -0.1) is 0 Å². The van der Waals surface area contributed by atoms with Gasteiger partial charge in [-0.25, -0.2) is 4.98 Å². The summed E-state index contributed by atoms with van der Waals surface area (Å²) in [6, 6.07) is 0. The molecule has 1 aromatic rings. The summed E-state index contributed by atoms with van der Waals surface area (Å²) in [4.78, 5) is 4.26. The Morgan fingerprint density at radius 2 is 1.85 bits per heavy atom. The minimum atomic E-state index is 0.448. The van der Waals surface area contributed by atoms with E-state index in [1.807, 2.05) is 0 Å². The molecular formula is C9H15N3S. The normalized spacial score (nSPS) is 20.0. The van der Waals surface area contributed by atoms with E-state index in [1.165, 1.54) is 50.1 Å². The molecule has 1 aliphatic rings. The Morgan fingerprint density at radius 1 is 1.15 bits per heavy atom. The third-order valence-corrected chi connectivity index (χ3v) is 3.55. The SMILES string of the molecule is Nc1nsc(C2CCCCCC2)n1. The maximum Gasteiger partial charge on any atom is 0.232 e. The fraction of sp³-hybridized carbons (Fsp3) is 0.778. The fourth-order valence-corrected chi connectivity index (χ4v) is 2.69. The first-order valence-corrected chi connectivity index (χ1v) is 5.72. The molecule has 1 aliphatic carbocycles. The Kier molecular flexibility index (Phi) is 2.78. The molecule has 4 heteroatoms. The Labute approximate surface area is 82.5 Å². The Hall–Kier alpha value is -0.640. The summed E-state index contributed by atoms with van der Waals surface area (Å²) in [5, 5.41) is 1.15. The molecule has 0 aromatic carbocycles. The van der Waals surface area contributed by atoms with Crippen LogP contribution in [-0.2, 0) is 0 Å². The second-order valence-electron chi connectivity index (χ2n) is 3.68. The molecule has 1 fully saturated rings. The van der Waals surface area contributed by atoms with Crippen LogP contribution >= 0.6 is 11.5 Å². The van der Waals surface area contributed by atoms with Crippen LogP contribution in [0, 0.1) is 0 Å². The third kappa shape index (κ3) is 2.18. The molecule has 0 atom stereocenters. The molecular weight excluding hydrogens is 182 g/mol. The van der Waals surface area contributed by atoms with Gasteiger partial charge in [0, 0.05) is 5.92 Å². The summed E-state index contributed by atoms with van der Waals surface area (Å²) >= 11 is 1.48. The highest BCUT2D eigenvalue weighted by molar-refractivity contribution is 7.05. The van der Waals surface area contributed by atoms with E-state index in [4.69, 9.17) is 5.73 Å². The van der Waals surface area contributed by atoms with Gasteiger partial charge in [-0.2, -0.15) is 4.37 Å². The Morgan fingerprint density at radius 3 is 2.38 bits per heavy atom. The lowest BCUT2D eigenvalue weighted by molar-refractivity contribution is 0.590. The van der Waals surface area contributed by atoms with Gasteiger partial charge < -0.3 is 5.73 Å². The van der Waals surface area contributed by atoms with Gasteiger partial charge >= 0.3 is 0 Å². The molecule has 3 nitrogen and oxygen atoms in total. The zero-order valence-corrected chi connectivity index (χ0v) is 8.52. The molecule has 0 spiro atoms. The maximum atomic E-state index is 5.51. The van der Waals surface area contributed by atoms with E-state index in [9.17, 15) is 0 Å². The number of nitrogen functional groups attached to an aromatic ring is 1. The highest BCUT2D eigenvalue weighted by Crippen LogP contribution is 2.32. The molecule has 0 amide bonds. The average molecular weight is 197 g/mol. The molecule has 13 heavy (non-hydrogen) atoms. The van der Waals surface area contributed by atoms with Crippen molar-refractivity contribution in [2.45, 2.75) is 44.4 Å². The summed E-state index contributed by atoms with van der Waals surface area (Å²) in [6.07, 6.45) is 7.98. The summed E-state index contributed by atoms with van der Waals surface area (Å²) in [7, 11) is 0. The van der Waals surface area contributed by atoms with Gasteiger partial charge in [-0.1, -0.05) is 25.7 Å². The summed E-state index contributed by atoms with van der Waals surface area (Å²) < 4.78 is 4.03. The first kappa shape index (κ1) is 8.94. The molecule has 0 bridgehead atoms. The predicted octanol–water partition coefficient (Wildman–Crippen LogP) is 2.56. The van der Waals surface area contributed by atoms with Crippen molar-refractivity contribution in [1.82, 2.24) is 9.36 Å². The lowest BCUT2D eigenvalue weighted by atomic mass is 10.0. The monoisotopic (exact) mass is 197 g/mol. The van der Waals surface area contributed by atoms with Crippen molar-refractivity contribution in [3.8, 4) is 0 Å². The fourth-order valence-electron chi connectivity index (χ4n) is 1.94. The first-order valence-electron chi connectivity index (χ1n) is 4.95. The van der Waals surface area contributed by atoms with Crippen molar-refractivity contribution >= 4 is 17.5 Å². The van der Waals surface area contributed by atoms with Crippen LogP contribution in [-0.4, -0.2) is 9.36 Å². The average Bonchev–Trinajstić information content (AvgIpc) is 2.43. The van der Waals surface area contributed by atoms with Crippen LogP contribution in [0.1, 0.15) is 49.5 Å². The quantitative estimate of drug-likeness (QED) is 0.704. The van der Waals surface area contributed by atoms with Crippen LogP contribution in [0.2, 0.25) is 0 Å². The standard InChI is InChI=1S/C9H15N3S/c10-9-11-8(13-12-9)7-5-3-1-2-4-6-7/h7H,1-6H2,(H2,10,12). The third-order valence-electron chi connectivity index (χ3n) is 2.66. The van der Waals surface area contributed by atoms with Gasteiger partial charge in [0.25, 0.3) is 0 Å². The van der Waals surface area contributed by atoms with Gasteiger partial charge in [0.05, 0.1) is 0 Å². The number of aromatic nitrogens is 2. The maximum absolute atomic E-state index is 5.51. The van der Waals surface area contributed by atoms with Gasteiger partial charge in [-0.3, -0.25) is 0 Å². The van der Waals surface area contributed by atoms with Crippen molar-refractivity contribution in [2.75, 3.05) is 5.73 Å². The summed E-state index contributed by atoms with van der Waals surface area (Å²) in [5.74, 6) is 1.08.